The molecular weight excluding hydrogens is 240 g/mol. The minimum atomic E-state index is -0.0426. The van der Waals surface area contributed by atoms with Gasteiger partial charge in [0.25, 0.3) is 5.56 Å². The van der Waals surface area contributed by atoms with Crippen LogP contribution >= 0.6 is 0 Å². The van der Waals surface area contributed by atoms with E-state index in [-0.39, 0.29) is 5.56 Å². The first kappa shape index (κ1) is 12.7. The molecule has 0 bridgehead atoms. The maximum absolute atomic E-state index is 11.5. The molecule has 0 spiro atoms. The van der Waals surface area contributed by atoms with E-state index in [1.54, 1.807) is 6.07 Å². The van der Waals surface area contributed by atoms with Crippen LogP contribution in [0.5, 0.6) is 0 Å². The second kappa shape index (κ2) is 5.74. The first-order valence-corrected chi connectivity index (χ1v) is 7.39. The van der Waals surface area contributed by atoms with Crippen LogP contribution < -0.4 is 10.9 Å². The monoisotopic (exact) mass is 262 g/mol. The van der Waals surface area contributed by atoms with E-state index in [4.69, 9.17) is 0 Å². The normalized spacial score (nSPS) is 19.8. The zero-order chi connectivity index (χ0) is 13.1. The molecule has 5 nitrogen and oxygen atoms in total. The Balaban J connectivity index is 1.47. The summed E-state index contributed by atoms with van der Waals surface area (Å²) < 4.78 is 0. The lowest BCUT2D eigenvalue weighted by molar-refractivity contribution is 0.337. The largest absolute Gasteiger partial charge is 0.370 e. The summed E-state index contributed by atoms with van der Waals surface area (Å²) in [5.41, 5.74) is -0.0426. The van der Waals surface area contributed by atoms with Crippen LogP contribution in [0.2, 0.25) is 0 Å². The van der Waals surface area contributed by atoms with Gasteiger partial charge in [0.15, 0.2) is 0 Å². The van der Waals surface area contributed by atoms with E-state index in [2.05, 4.69) is 20.2 Å². The number of rotatable bonds is 6. The number of nitrogens with zero attached hydrogens (tertiary/aromatic N) is 2. The first-order valence-electron chi connectivity index (χ1n) is 7.39. The summed E-state index contributed by atoms with van der Waals surface area (Å²) in [4.78, 5) is 21.4. The summed E-state index contributed by atoms with van der Waals surface area (Å²) >= 11 is 0. The molecule has 1 aromatic rings. The molecule has 2 N–H and O–H groups in total. The van der Waals surface area contributed by atoms with Crippen molar-refractivity contribution in [1.82, 2.24) is 14.9 Å². The predicted molar refractivity (Wildman–Crippen MR) is 75.6 cm³/mol. The minimum absolute atomic E-state index is 0.0426. The summed E-state index contributed by atoms with van der Waals surface area (Å²) in [5, 5.41) is 3.27. The molecule has 1 aliphatic heterocycles. The Morgan fingerprint density at radius 1 is 1.37 bits per heavy atom. The fourth-order valence-electron chi connectivity index (χ4n) is 2.64. The van der Waals surface area contributed by atoms with Crippen molar-refractivity contribution in [2.45, 2.75) is 38.0 Å². The molecule has 2 heterocycles. The molecule has 19 heavy (non-hydrogen) atoms. The van der Waals surface area contributed by atoms with E-state index in [9.17, 15) is 4.79 Å². The van der Waals surface area contributed by atoms with Gasteiger partial charge in [0, 0.05) is 18.5 Å². The van der Waals surface area contributed by atoms with Crippen molar-refractivity contribution in [2.75, 3.05) is 31.5 Å². The minimum Gasteiger partial charge on any atom is -0.370 e. The highest BCUT2D eigenvalue weighted by atomic mass is 16.1. The second-order valence-electron chi connectivity index (χ2n) is 5.62. The first-order chi connectivity index (χ1) is 9.31. The molecule has 0 atom stereocenters. The van der Waals surface area contributed by atoms with Crippen LogP contribution in [0.15, 0.2) is 10.9 Å². The number of aromatic nitrogens is 2. The molecule has 1 saturated heterocycles. The van der Waals surface area contributed by atoms with Gasteiger partial charge in [0.05, 0.1) is 0 Å². The molecule has 0 aromatic carbocycles. The van der Waals surface area contributed by atoms with Crippen LogP contribution in [-0.4, -0.2) is 41.0 Å². The maximum atomic E-state index is 11.5. The zero-order valence-corrected chi connectivity index (χ0v) is 11.3. The number of H-pyrrole nitrogens is 1. The van der Waals surface area contributed by atoms with Crippen LogP contribution in [-0.2, 0) is 0 Å². The Kier molecular flexibility index (Phi) is 3.82. The molecule has 1 aliphatic carbocycles. The third-order valence-electron chi connectivity index (χ3n) is 3.88. The van der Waals surface area contributed by atoms with Crippen LogP contribution in [0.3, 0.4) is 0 Å². The van der Waals surface area contributed by atoms with E-state index in [1.165, 1.54) is 25.9 Å². The Morgan fingerprint density at radius 3 is 2.89 bits per heavy atom. The quantitative estimate of drug-likeness (QED) is 0.764. The Labute approximate surface area is 113 Å². The average Bonchev–Trinajstić information content (AvgIpc) is 3.12. The fraction of sp³-hybridized carbons (Fsp3) is 0.714. The third-order valence-corrected chi connectivity index (χ3v) is 3.88. The van der Waals surface area contributed by atoms with Crippen LogP contribution in [0, 0.1) is 0 Å². The van der Waals surface area contributed by atoms with E-state index < -0.39 is 0 Å². The highest BCUT2D eigenvalue weighted by Crippen LogP contribution is 2.37. The summed E-state index contributed by atoms with van der Waals surface area (Å²) in [5.74, 6) is 2.07. The van der Waals surface area contributed by atoms with Gasteiger partial charge in [0.1, 0.15) is 11.6 Å². The van der Waals surface area contributed by atoms with Crippen molar-refractivity contribution < 1.29 is 0 Å². The molecule has 3 rings (SSSR count). The van der Waals surface area contributed by atoms with Crippen LogP contribution in [0.1, 0.15) is 43.8 Å². The lowest BCUT2D eigenvalue weighted by Crippen LogP contribution is -2.22. The molecule has 1 aromatic heterocycles. The Morgan fingerprint density at radius 2 is 2.16 bits per heavy atom. The Hall–Kier alpha value is -1.36. The Bertz CT molecular complexity index is 475. The highest BCUT2D eigenvalue weighted by molar-refractivity contribution is 5.33. The molecule has 1 saturated carbocycles. The van der Waals surface area contributed by atoms with E-state index in [0.717, 1.165) is 44.0 Å². The van der Waals surface area contributed by atoms with Gasteiger partial charge >= 0.3 is 0 Å². The topological polar surface area (TPSA) is 61.0 Å². The lowest BCUT2D eigenvalue weighted by atomic mass is 10.3. The number of hydrogen-bond donors (Lipinski definition) is 2. The standard InChI is InChI=1S/C14H22N4O/c19-13-10-12(16-14(17-13)11-4-5-11)15-6-3-9-18-7-1-2-8-18/h10-11H,1-9H2,(H2,15,16,17,19). The number of hydrogen-bond acceptors (Lipinski definition) is 4. The molecule has 2 aliphatic rings. The van der Waals surface area contributed by atoms with Crippen molar-refractivity contribution >= 4 is 5.82 Å². The van der Waals surface area contributed by atoms with Gasteiger partial charge in [-0.15, -0.1) is 0 Å². The number of anilines is 1. The van der Waals surface area contributed by atoms with Gasteiger partial charge < -0.3 is 15.2 Å². The van der Waals surface area contributed by atoms with Crippen molar-refractivity contribution in [1.29, 1.82) is 0 Å². The van der Waals surface area contributed by atoms with Gasteiger partial charge in [-0.1, -0.05) is 0 Å². The van der Waals surface area contributed by atoms with Crippen LogP contribution in [0.4, 0.5) is 5.82 Å². The molecule has 0 amide bonds. The third kappa shape index (κ3) is 3.56. The predicted octanol–water partition coefficient (Wildman–Crippen LogP) is 1.55. The van der Waals surface area contributed by atoms with Gasteiger partial charge in [-0.05, 0) is 51.7 Å². The summed E-state index contributed by atoms with van der Waals surface area (Å²) in [7, 11) is 0. The maximum Gasteiger partial charge on any atom is 0.252 e. The SMILES string of the molecule is O=c1cc(NCCCN2CCCC2)nc(C2CC2)[nH]1. The number of aromatic amines is 1. The fourth-order valence-corrected chi connectivity index (χ4v) is 2.64. The van der Waals surface area contributed by atoms with Crippen molar-refractivity contribution in [2.24, 2.45) is 0 Å². The summed E-state index contributed by atoms with van der Waals surface area (Å²) in [6.45, 7) is 4.52. The van der Waals surface area contributed by atoms with Crippen molar-refractivity contribution in [3.63, 3.8) is 0 Å². The average molecular weight is 262 g/mol. The number of likely N-dealkylation sites (tertiary alicyclic amines) is 1. The van der Waals surface area contributed by atoms with Crippen molar-refractivity contribution in [3.05, 3.63) is 22.2 Å². The van der Waals surface area contributed by atoms with Crippen molar-refractivity contribution in [3.8, 4) is 0 Å². The van der Waals surface area contributed by atoms with Gasteiger partial charge in [-0.25, -0.2) is 4.98 Å². The molecule has 0 unspecified atom stereocenters. The van der Waals surface area contributed by atoms with Gasteiger partial charge in [-0.2, -0.15) is 0 Å². The molecule has 2 fully saturated rings. The van der Waals surface area contributed by atoms with E-state index in [1.807, 2.05) is 0 Å². The molecule has 104 valence electrons. The van der Waals surface area contributed by atoms with Gasteiger partial charge in [0.2, 0.25) is 0 Å². The van der Waals surface area contributed by atoms with Gasteiger partial charge in [-0.3, -0.25) is 4.79 Å². The highest BCUT2D eigenvalue weighted by Gasteiger charge is 2.26. The summed E-state index contributed by atoms with van der Waals surface area (Å²) in [6.07, 6.45) is 6.09. The smallest absolute Gasteiger partial charge is 0.252 e. The molecule has 5 heteroatoms. The second-order valence-corrected chi connectivity index (χ2v) is 5.62. The van der Waals surface area contributed by atoms with Crippen LogP contribution in [0.25, 0.3) is 0 Å². The van der Waals surface area contributed by atoms with E-state index >= 15 is 0 Å². The van der Waals surface area contributed by atoms with E-state index in [0.29, 0.717) is 5.92 Å². The lowest BCUT2D eigenvalue weighted by Gasteiger charge is -2.14. The number of nitrogens with one attached hydrogen (secondary N) is 2. The molecule has 0 radical (unpaired) electrons. The molecular formula is C14H22N4O. The summed E-state index contributed by atoms with van der Waals surface area (Å²) in [6, 6.07) is 1.56. The zero-order valence-electron chi connectivity index (χ0n) is 11.3.